The number of carbonyl (C=O) groups excluding carboxylic acids is 1. The second kappa shape index (κ2) is 10.5. The zero-order valence-electron chi connectivity index (χ0n) is 16.0. The highest BCUT2D eigenvalue weighted by Gasteiger charge is 2.15. The van der Waals surface area contributed by atoms with Crippen LogP contribution in [-0.2, 0) is 11.2 Å². The summed E-state index contributed by atoms with van der Waals surface area (Å²) in [6, 6.07) is 7.47. The molecule has 1 aromatic heterocycles. The molecule has 0 saturated heterocycles. The molecule has 1 heterocycles. The number of phenolic OH excluding ortho intramolecular Hbond substituents is 1. The average molecular weight is 483 g/mol. The normalized spacial score (nSPS) is 11.9. The van der Waals surface area contributed by atoms with Crippen molar-refractivity contribution in [3.8, 4) is 17.2 Å². The van der Waals surface area contributed by atoms with E-state index in [9.17, 15) is 9.90 Å². The van der Waals surface area contributed by atoms with E-state index in [1.165, 1.54) is 0 Å². The number of halogens is 1. The van der Waals surface area contributed by atoms with Crippen LogP contribution in [0.15, 0.2) is 30.5 Å². The molecule has 1 unspecified atom stereocenters. The van der Waals surface area contributed by atoms with Crippen LogP contribution in [0.4, 0.5) is 0 Å². The Labute approximate surface area is 174 Å². The van der Waals surface area contributed by atoms with Gasteiger partial charge in [0.2, 0.25) is 0 Å². The molecule has 0 amide bonds. The Morgan fingerprint density at radius 1 is 1.19 bits per heavy atom. The molecule has 0 fully saturated rings. The van der Waals surface area contributed by atoms with Crippen molar-refractivity contribution in [3.63, 3.8) is 0 Å². The highest BCUT2D eigenvalue weighted by Crippen LogP contribution is 2.32. The standard InChI is InChI=1S/C21H26INO4/c1-14(16(3)24)13-17-8-9-18(15(2)20(17)25)26-11-4-5-12-27-19-7-6-10-23-21(19)22/h6-10,14,25H,4-5,11-13H2,1-3H3. The van der Waals surface area contributed by atoms with Crippen molar-refractivity contribution in [2.24, 2.45) is 5.92 Å². The lowest BCUT2D eigenvalue weighted by atomic mass is 9.95. The Balaban J connectivity index is 1.78. The molecule has 1 aromatic carbocycles. The minimum atomic E-state index is -0.107. The SMILES string of the molecule is CC(=O)C(C)Cc1ccc(OCCCCOc2cccnc2I)c(C)c1O. The molecule has 0 saturated carbocycles. The third-order valence-electron chi connectivity index (χ3n) is 4.46. The molecule has 0 aliphatic rings. The first kappa shape index (κ1) is 21.5. The van der Waals surface area contributed by atoms with E-state index in [0.717, 1.165) is 27.9 Å². The van der Waals surface area contributed by atoms with Gasteiger partial charge in [0, 0.05) is 17.7 Å². The van der Waals surface area contributed by atoms with Crippen molar-refractivity contribution in [2.75, 3.05) is 13.2 Å². The first-order valence-electron chi connectivity index (χ1n) is 9.08. The van der Waals surface area contributed by atoms with Gasteiger partial charge >= 0.3 is 0 Å². The maximum Gasteiger partial charge on any atom is 0.151 e. The summed E-state index contributed by atoms with van der Waals surface area (Å²) in [5, 5.41) is 10.4. The number of rotatable bonds is 10. The van der Waals surface area contributed by atoms with Crippen LogP contribution in [-0.4, -0.2) is 29.1 Å². The molecule has 1 N–H and O–H groups in total. The van der Waals surface area contributed by atoms with Crippen molar-refractivity contribution < 1.29 is 19.4 Å². The molecule has 0 radical (unpaired) electrons. The smallest absolute Gasteiger partial charge is 0.151 e. The van der Waals surface area contributed by atoms with Gasteiger partial charge in [0.05, 0.1) is 13.2 Å². The molecule has 27 heavy (non-hydrogen) atoms. The fraction of sp³-hybridized carbons (Fsp3) is 0.429. The van der Waals surface area contributed by atoms with Crippen molar-refractivity contribution >= 4 is 28.4 Å². The molecule has 146 valence electrons. The van der Waals surface area contributed by atoms with Crippen LogP contribution >= 0.6 is 22.6 Å². The van der Waals surface area contributed by atoms with Crippen molar-refractivity contribution in [3.05, 3.63) is 45.3 Å². The molecular formula is C21H26INO4. The summed E-state index contributed by atoms with van der Waals surface area (Å²) in [5.41, 5.74) is 1.49. The predicted molar refractivity (Wildman–Crippen MR) is 114 cm³/mol. The molecule has 0 aliphatic carbocycles. The number of aromatic nitrogens is 1. The van der Waals surface area contributed by atoms with E-state index in [0.29, 0.717) is 30.9 Å². The molecule has 6 heteroatoms. The van der Waals surface area contributed by atoms with Gasteiger partial charge in [0.15, 0.2) is 5.75 Å². The van der Waals surface area contributed by atoms with Gasteiger partial charge in [0.25, 0.3) is 0 Å². The molecule has 0 aliphatic heterocycles. The number of ketones is 1. The zero-order valence-corrected chi connectivity index (χ0v) is 18.2. The van der Waals surface area contributed by atoms with E-state index in [1.807, 2.05) is 38.1 Å². The van der Waals surface area contributed by atoms with Gasteiger partial charge in [0.1, 0.15) is 21.0 Å². The maximum atomic E-state index is 11.4. The van der Waals surface area contributed by atoms with E-state index < -0.39 is 0 Å². The number of Topliss-reactive ketones (excluding diaryl/α,β-unsaturated/α-hetero) is 1. The minimum absolute atomic E-state index is 0.107. The number of benzene rings is 1. The van der Waals surface area contributed by atoms with Crippen LogP contribution in [0.5, 0.6) is 17.2 Å². The maximum absolute atomic E-state index is 11.4. The van der Waals surface area contributed by atoms with Crippen molar-refractivity contribution in [2.45, 2.75) is 40.0 Å². The Kier molecular flexibility index (Phi) is 8.34. The number of aromatic hydroxyl groups is 1. The molecule has 0 spiro atoms. The van der Waals surface area contributed by atoms with Crippen LogP contribution < -0.4 is 9.47 Å². The number of unbranched alkanes of at least 4 members (excludes halogenated alkanes) is 1. The van der Waals surface area contributed by atoms with Crippen LogP contribution in [0.3, 0.4) is 0 Å². The van der Waals surface area contributed by atoms with E-state index in [2.05, 4.69) is 27.6 Å². The van der Waals surface area contributed by atoms with E-state index in [-0.39, 0.29) is 17.5 Å². The second-order valence-corrected chi connectivity index (χ2v) is 7.63. The lowest BCUT2D eigenvalue weighted by molar-refractivity contribution is -0.120. The van der Waals surface area contributed by atoms with Crippen molar-refractivity contribution in [1.29, 1.82) is 0 Å². The summed E-state index contributed by atoms with van der Waals surface area (Å²) < 4.78 is 12.4. The third kappa shape index (κ3) is 6.37. The van der Waals surface area contributed by atoms with Gasteiger partial charge in [-0.2, -0.15) is 0 Å². The van der Waals surface area contributed by atoms with E-state index in [4.69, 9.17) is 9.47 Å². The molecule has 1 atom stereocenters. The summed E-state index contributed by atoms with van der Waals surface area (Å²) in [4.78, 5) is 15.6. The van der Waals surface area contributed by atoms with Crippen LogP contribution in [0.2, 0.25) is 0 Å². The first-order chi connectivity index (χ1) is 12.9. The topological polar surface area (TPSA) is 68.7 Å². The first-order valence-corrected chi connectivity index (χ1v) is 10.2. The Morgan fingerprint density at radius 3 is 2.48 bits per heavy atom. The number of hydrogen-bond donors (Lipinski definition) is 1. The molecule has 5 nitrogen and oxygen atoms in total. The third-order valence-corrected chi connectivity index (χ3v) is 5.27. The molecular weight excluding hydrogens is 457 g/mol. The van der Waals surface area contributed by atoms with Gasteiger partial charge in [-0.15, -0.1) is 0 Å². The number of ether oxygens (including phenoxy) is 2. The van der Waals surface area contributed by atoms with E-state index in [1.54, 1.807) is 13.1 Å². The Hall–Kier alpha value is -1.83. The lowest BCUT2D eigenvalue weighted by Gasteiger charge is -2.15. The summed E-state index contributed by atoms with van der Waals surface area (Å²) in [6.07, 6.45) is 3.99. The van der Waals surface area contributed by atoms with Crippen LogP contribution in [0, 0.1) is 16.5 Å². The van der Waals surface area contributed by atoms with Gasteiger partial charge < -0.3 is 14.6 Å². The Morgan fingerprint density at radius 2 is 1.85 bits per heavy atom. The highest BCUT2D eigenvalue weighted by atomic mass is 127. The summed E-state index contributed by atoms with van der Waals surface area (Å²) in [5.74, 6) is 1.71. The van der Waals surface area contributed by atoms with Crippen molar-refractivity contribution in [1.82, 2.24) is 4.98 Å². The number of hydrogen-bond acceptors (Lipinski definition) is 5. The van der Waals surface area contributed by atoms with Crippen LogP contribution in [0.25, 0.3) is 0 Å². The average Bonchev–Trinajstić information content (AvgIpc) is 2.64. The molecule has 2 rings (SSSR count). The fourth-order valence-corrected chi connectivity index (χ4v) is 3.08. The fourth-order valence-electron chi connectivity index (χ4n) is 2.58. The zero-order chi connectivity index (χ0) is 19.8. The largest absolute Gasteiger partial charge is 0.507 e. The number of nitrogens with zero attached hydrogens (tertiary/aromatic N) is 1. The van der Waals surface area contributed by atoms with Gasteiger partial charge in [-0.3, -0.25) is 4.79 Å². The minimum Gasteiger partial charge on any atom is -0.507 e. The van der Waals surface area contributed by atoms with Gasteiger partial charge in [-0.1, -0.05) is 13.0 Å². The molecule has 2 aromatic rings. The summed E-state index contributed by atoms with van der Waals surface area (Å²) in [6.45, 7) is 6.44. The van der Waals surface area contributed by atoms with Crippen LogP contribution in [0.1, 0.15) is 37.8 Å². The van der Waals surface area contributed by atoms with Gasteiger partial charge in [-0.05, 0) is 79.5 Å². The highest BCUT2D eigenvalue weighted by molar-refractivity contribution is 14.1. The van der Waals surface area contributed by atoms with E-state index >= 15 is 0 Å². The number of phenols is 1. The molecule has 0 bridgehead atoms. The second-order valence-electron chi connectivity index (χ2n) is 6.61. The number of carbonyl (C=O) groups is 1. The Bertz CT molecular complexity index is 779. The summed E-state index contributed by atoms with van der Waals surface area (Å²) in [7, 11) is 0. The predicted octanol–water partition coefficient (Wildman–Crippen LogP) is 4.71. The summed E-state index contributed by atoms with van der Waals surface area (Å²) >= 11 is 2.15. The lowest BCUT2D eigenvalue weighted by Crippen LogP contribution is -2.10. The van der Waals surface area contributed by atoms with Gasteiger partial charge in [-0.25, -0.2) is 4.98 Å². The number of pyridine rings is 1. The monoisotopic (exact) mass is 483 g/mol. The quantitative estimate of drug-likeness (QED) is 0.301.